The fraction of sp³-hybridized carbons (Fsp3) is 0.448. The number of carboxylic acids is 1. The van der Waals surface area contributed by atoms with E-state index in [4.69, 9.17) is 27.9 Å². The molecule has 1 amide bonds. The van der Waals surface area contributed by atoms with Crippen LogP contribution >= 0.6 is 23.2 Å². The van der Waals surface area contributed by atoms with Crippen LogP contribution in [0.1, 0.15) is 69.2 Å². The minimum atomic E-state index is -3.77. The van der Waals surface area contributed by atoms with Gasteiger partial charge in [0.1, 0.15) is 11.9 Å². The molecule has 0 unspecified atom stereocenters. The third-order valence-corrected chi connectivity index (χ3v) is 10.3. The van der Waals surface area contributed by atoms with Crippen LogP contribution in [0.2, 0.25) is 10.0 Å². The maximum Gasteiger partial charge on any atom is 0.306 e. The summed E-state index contributed by atoms with van der Waals surface area (Å²) in [6.07, 6.45) is 1.45. The molecule has 0 spiro atoms. The molecule has 0 bridgehead atoms. The average molecular weight is 608 g/mol. The van der Waals surface area contributed by atoms with Crippen LogP contribution < -0.4 is 0 Å². The second kappa shape index (κ2) is 11.1. The first kappa shape index (κ1) is 29.1. The number of carbonyl (C=O) groups is 2. The van der Waals surface area contributed by atoms with Crippen molar-refractivity contribution in [2.24, 2.45) is 0 Å². The Balaban J connectivity index is 1.69. The Morgan fingerprint density at radius 3 is 2.38 bits per heavy atom. The third kappa shape index (κ3) is 5.81. The summed E-state index contributed by atoms with van der Waals surface area (Å²) >= 11 is 12.6. The Bertz CT molecular complexity index is 1460. The normalized spacial score (nSPS) is 27.2. The second-order valence-corrected chi connectivity index (χ2v) is 13.8. The van der Waals surface area contributed by atoms with Gasteiger partial charge in [-0.1, -0.05) is 47.5 Å². The van der Waals surface area contributed by atoms with E-state index in [1.165, 1.54) is 16.1 Å². The van der Waals surface area contributed by atoms with Gasteiger partial charge in [-0.05, 0) is 80.5 Å². The predicted molar refractivity (Wildman–Crippen MR) is 152 cm³/mol. The lowest BCUT2D eigenvalue weighted by molar-refractivity contribution is -0.198. The van der Waals surface area contributed by atoms with Crippen molar-refractivity contribution >= 4 is 45.1 Å². The van der Waals surface area contributed by atoms with Crippen LogP contribution in [0.25, 0.3) is 0 Å². The molecule has 0 radical (unpaired) electrons. The highest BCUT2D eigenvalue weighted by molar-refractivity contribution is 7.89. The SMILES string of the molecule is C[C@H]1CCCN1S(=O)(=O)CC(=C1CC1)N1C(=O)[C@](C)(CC(=O)O)O[C@H](c2cccc(Cl)c2)[C@H]1c1ccc(Cl)cc1. The molecule has 0 aromatic heterocycles. The van der Waals surface area contributed by atoms with Gasteiger partial charge in [-0.2, -0.15) is 4.31 Å². The van der Waals surface area contributed by atoms with Crippen molar-refractivity contribution in [1.82, 2.24) is 9.21 Å². The summed E-state index contributed by atoms with van der Waals surface area (Å²) in [5.74, 6) is -2.15. The number of benzene rings is 2. The second-order valence-electron chi connectivity index (χ2n) is 11.0. The van der Waals surface area contributed by atoms with Crippen molar-refractivity contribution in [2.75, 3.05) is 12.3 Å². The molecule has 3 aliphatic rings. The van der Waals surface area contributed by atoms with Gasteiger partial charge in [0, 0.05) is 28.3 Å². The van der Waals surface area contributed by atoms with Gasteiger partial charge in [0.05, 0.1) is 12.5 Å². The first-order valence-corrected chi connectivity index (χ1v) is 15.7. The number of ether oxygens (including phenoxy) is 1. The minimum absolute atomic E-state index is 0.126. The van der Waals surface area contributed by atoms with Gasteiger partial charge in [0.15, 0.2) is 5.60 Å². The highest BCUT2D eigenvalue weighted by Gasteiger charge is 2.54. The van der Waals surface area contributed by atoms with Crippen molar-refractivity contribution in [2.45, 2.75) is 69.7 Å². The van der Waals surface area contributed by atoms with Crippen molar-refractivity contribution in [1.29, 1.82) is 0 Å². The summed E-state index contributed by atoms with van der Waals surface area (Å²) in [5, 5.41) is 10.7. The van der Waals surface area contributed by atoms with Crippen LogP contribution in [0.15, 0.2) is 59.8 Å². The summed E-state index contributed by atoms with van der Waals surface area (Å²) in [7, 11) is -3.77. The van der Waals surface area contributed by atoms with E-state index < -0.39 is 46.1 Å². The van der Waals surface area contributed by atoms with Gasteiger partial charge in [0.25, 0.3) is 5.91 Å². The predicted octanol–water partition coefficient (Wildman–Crippen LogP) is 5.73. The number of aliphatic carboxylic acids is 1. The molecule has 2 aliphatic heterocycles. The van der Waals surface area contributed by atoms with E-state index in [9.17, 15) is 23.1 Å². The van der Waals surface area contributed by atoms with Gasteiger partial charge in [-0.15, -0.1) is 0 Å². The molecule has 2 aromatic carbocycles. The van der Waals surface area contributed by atoms with Crippen molar-refractivity contribution in [3.63, 3.8) is 0 Å². The molecule has 1 saturated carbocycles. The molecule has 8 nitrogen and oxygen atoms in total. The maximum absolute atomic E-state index is 14.4. The molecule has 11 heteroatoms. The number of morpholine rings is 1. The van der Waals surface area contributed by atoms with E-state index in [-0.39, 0.29) is 11.8 Å². The van der Waals surface area contributed by atoms with Gasteiger partial charge in [-0.3, -0.25) is 9.59 Å². The van der Waals surface area contributed by atoms with Gasteiger partial charge < -0.3 is 14.7 Å². The van der Waals surface area contributed by atoms with Gasteiger partial charge >= 0.3 is 5.97 Å². The third-order valence-electron chi connectivity index (χ3n) is 7.87. The van der Waals surface area contributed by atoms with Crippen molar-refractivity contribution in [3.8, 4) is 0 Å². The molecule has 4 atom stereocenters. The van der Waals surface area contributed by atoms with Crippen LogP contribution in [0.4, 0.5) is 0 Å². The molecule has 2 heterocycles. The summed E-state index contributed by atoms with van der Waals surface area (Å²) in [5.41, 5.74) is 0.819. The fourth-order valence-corrected chi connectivity index (χ4v) is 8.03. The molecule has 214 valence electrons. The smallest absolute Gasteiger partial charge is 0.306 e. The zero-order valence-corrected chi connectivity index (χ0v) is 24.7. The number of carboxylic acid groups (broad SMARTS) is 1. The summed E-state index contributed by atoms with van der Waals surface area (Å²) in [6.45, 7) is 3.79. The first-order valence-electron chi connectivity index (χ1n) is 13.3. The molecule has 1 aliphatic carbocycles. The molecule has 2 saturated heterocycles. The number of nitrogens with zero attached hydrogens (tertiary/aromatic N) is 2. The summed E-state index contributed by atoms with van der Waals surface area (Å²) in [4.78, 5) is 27.8. The standard InChI is InChI=1S/C29H32Cl2N2O6S/c1-18-5-4-14-32(18)40(37,38)17-24(19-8-9-19)33-26(20-10-12-22(30)13-11-20)27(21-6-3-7-23(31)15-21)39-29(2,28(33)36)16-25(34)35/h3,6-7,10-13,15,18,26-27H,4-5,8-9,14,16-17H2,1-2H3,(H,34,35)/t18-,26+,27+,29-/m0/s1. The number of hydrogen-bond donors (Lipinski definition) is 1. The lowest BCUT2D eigenvalue weighted by Crippen LogP contribution is -2.58. The minimum Gasteiger partial charge on any atom is -0.481 e. The fourth-order valence-electron chi connectivity index (χ4n) is 5.79. The molecule has 1 N–H and O–H groups in total. The Morgan fingerprint density at radius 2 is 1.80 bits per heavy atom. The molecule has 2 aromatic rings. The van der Waals surface area contributed by atoms with Crippen molar-refractivity contribution < 1.29 is 27.9 Å². The van der Waals surface area contributed by atoms with E-state index in [2.05, 4.69) is 0 Å². The van der Waals surface area contributed by atoms with Crippen LogP contribution in [-0.4, -0.2) is 58.5 Å². The highest BCUT2D eigenvalue weighted by atomic mass is 35.5. The number of rotatable bonds is 8. The number of halogens is 2. The highest BCUT2D eigenvalue weighted by Crippen LogP contribution is 2.50. The number of amides is 1. The number of carbonyl (C=O) groups excluding carboxylic acids is 1. The summed E-state index contributed by atoms with van der Waals surface area (Å²) in [6, 6.07) is 13.0. The monoisotopic (exact) mass is 606 g/mol. The average Bonchev–Trinajstić information content (AvgIpc) is 3.63. The van der Waals surface area contributed by atoms with Crippen LogP contribution in [-0.2, 0) is 24.3 Å². The zero-order valence-electron chi connectivity index (χ0n) is 22.3. The maximum atomic E-state index is 14.4. The number of allylic oxidation sites excluding steroid dienone is 1. The van der Waals surface area contributed by atoms with Gasteiger partial charge in [0.2, 0.25) is 10.0 Å². The van der Waals surface area contributed by atoms with E-state index in [1.54, 1.807) is 48.5 Å². The Labute approximate surface area is 244 Å². The van der Waals surface area contributed by atoms with E-state index >= 15 is 0 Å². The van der Waals surface area contributed by atoms with E-state index in [1.807, 2.05) is 6.92 Å². The topological polar surface area (TPSA) is 104 Å². The zero-order chi connectivity index (χ0) is 28.8. The lowest BCUT2D eigenvalue weighted by Gasteiger charge is -2.49. The number of hydrogen-bond acceptors (Lipinski definition) is 5. The van der Waals surface area contributed by atoms with E-state index in [0.29, 0.717) is 46.3 Å². The first-order chi connectivity index (χ1) is 18.9. The summed E-state index contributed by atoms with van der Waals surface area (Å²) < 4.78 is 35.4. The molecule has 40 heavy (non-hydrogen) atoms. The molecular formula is C29H32Cl2N2O6S. The molecular weight excluding hydrogens is 575 g/mol. The molecule has 5 rings (SSSR count). The largest absolute Gasteiger partial charge is 0.481 e. The quantitative estimate of drug-likeness (QED) is 0.411. The van der Waals surface area contributed by atoms with Gasteiger partial charge in [-0.25, -0.2) is 8.42 Å². The molecule has 3 fully saturated rings. The Kier molecular flexibility index (Phi) is 8.07. The Morgan fingerprint density at radius 1 is 1.10 bits per heavy atom. The Hall–Kier alpha value is -2.43. The van der Waals surface area contributed by atoms with E-state index in [0.717, 1.165) is 18.4 Å². The van der Waals surface area contributed by atoms with Crippen LogP contribution in [0.5, 0.6) is 0 Å². The van der Waals surface area contributed by atoms with Crippen LogP contribution in [0.3, 0.4) is 0 Å². The lowest BCUT2D eigenvalue weighted by atomic mass is 9.86. The van der Waals surface area contributed by atoms with Crippen molar-refractivity contribution in [3.05, 3.63) is 81.0 Å². The number of sulfonamides is 1. The van der Waals surface area contributed by atoms with Crippen LogP contribution in [0, 0.1) is 0 Å².